The van der Waals surface area contributed by atoms with Gasteiger partial charge in [-0.25, -0.2) is 4.39 Å². The molecule has 0 aromatic heterocycles. The number of nitrogens with zero attached hydrogens (tertiary/aromatic N) is 1. The van der Waals surface area contributed by atoms with Gasteiger partial charge < -0.3 is 15.0 Å². The predicted molar refractivity (Wildman–Crippen MR) is 139 cm³/mol. The highest BCUT2D eigenvalue weighted by atomic mass is 127. The summed E-state index contributed by atoms with van der Waals surface area (Å²) in [5.74, 6) is -2.68. The summed E-state index contributed by atoms with van der Waals surface area (Å²) in [4.78, 5) is 28.3. The molecule has 1 aliphatic carbocycles. The van der Waals surface area contributed by atoms with Crippen molar-refractivity contribution in [2.75, 3.05) is 18.5 Å². The van der Waals surface area contributed by atoms with Crippen LogP contribution in [0.25, 0.3) is 0 Å². The molecule has 2 atom stereocenters. The van der Waals surface area contributed by atoms with Gasteiger partial charge in [-0.1, -0.05) is 31.0 Å². The highest BCUT2D eigenvalue weighted by Crippen LogP contribution is 2.40. The third-order valence-corrected chi connectivity index (χ3v) is 7.65. The molecule has 1 saturated carbocycles. The van der Waals surface area contributed by atoms with Crippen molar-refractivity contribution in [1.29, 1.82) is 0 Å². The van der Waals surface area contributed by atoms with Crippen LogP contribution in [0.2, 0.25) is 0 Å². The molecule has 0 spiro atoms. The lowest BCUT2D eigenvalue weighted by Crippen LogP contribution is -2.46. The minimum absolute atomic E-state index is 0.203. The van der Waals surface area contributed by atoms with Gasteiger partial charge in [0.2, 0.25) is 0 Å². The van der Waals surface area contributed by atoms with Crippen molar-refractivity contribution in [3.63, 3.8) is 0 Å². The highest BCUT2D eigenvalue weighted by Gasteiger charge is 2.41. The molecule has 1 amide bonds. The van der Waals surface area contributed by atoms with E-state index >= 15 is 4.39 Å². The second-order valence-electron chi connectivity index (χ2n) is 8.97. The average molecular weight is 581 g/mol. The first-order valence-corrected chi connectivity index (χ1v) is 13.0. The van der Waals surface area contributed by atoms with Crippen molar-refractivity contribution in [3.8, 4) is 0 Å². The van der Waals surface area contributed by atoms with Gasteiger partial charge in [0.1, 0.15) is 5.82 Å². The molecule has 1 N–H and O–H groups in total. The van der Waals surface area contributed by atoms with Gasteiger partial charge in [0.05, 0.1) is 24.1 Å². The predicted octanol–water partition coefficient (Wildman–Crippen LogP) is 6.25. The molecule has 182 valence electrons. The minimum atomic E-state index is -2.66. The Morgan fingerprint density at radius 2 is 2.00 bits per heavy atom. The molecular formula is C27H32FIN2O3. The van der Waals surface area contributed by atoms with Crippen LogP contribution in [0.3, 0.4) is 0 Å². The number of amides is 1. The lowest BCUT2D eigenvalue weighted by atomic mass is 9.84. The molecule has 0 bridgehead atoms. The molecule has 0 radical (unpaired) electrons. The number of benzene rings is 2. The van der Waals surface area contributed by atoms with Crippen LogP contribution >= 0.6 is 22.6 Å². The normalized spacial score (nSPS) is 22.6. The minimum Gasteiger partial charge on any atom is -0.466 e. The number of aryl methyl sites for hydroxylation is 1. The van der Waals surface area contributed by atoms with Crippen LogP contribution in [0.4, 0.5) is 10.1 Å². The Morgan fingerprint density at radius 3 is 2.71 bits per heavy atom. The number of esters is 1. The van der Waals surface area contributed by atoms with Gasteiger partial charge in [-0.2, -0.15) is 0 Å². The molecule has 2 aromatic rings. The molecule has 2 fully saturated rings. The summed E-state index contributed by atoms with van der Waals surface area (Å²) in [5.41, 5.74) is 0.932. The fourth-order valence-corrected chi connectivity index (χ4v) is 5.83. The van der Waals surface area contributed by atoms with Gasteiger partial charge >= 0.3 is 5.97 Å². The van der Waals surface area contributed by atoms with Crippen molar-refractivity contribution in [1.82, 2.24) is 4.90 Å². The number of likely N-dealkylation sites (tertiary alicyclic amines) is 1. The fourth-order valence-electron chi connectivity index (χ4n) is 5.14. The lowest BCUT2D eigenvalue weighted by Gasteiger charge is -2.41. The Kier molecular flexibility index (Phi) is 6.88. The monoisotopic (exact) mass is 581 g/mol. The summed E-state index contributed by atoms with van der Waals surface area (Å²) in [6, 6.07) is 9.18. The molecule has 5 nitrogen and oxygen atoms in total. The van der Waals surface area contributed by atoms with Crippen molar-refractivity contribution in [2.45, 2.75) is 64.4 Å². The Labute approximate surface area is 218 Å². The summed E-state index contributed by atoms with van der Waals surface area (Å²) >= 11 is 2.25. The molecule has 0 unspecified atom stereocenters. The Hall–Kier alpha value is -2.16. The van der Waals surface area contributed by atoms with Gasteiger partial charge in [-0.15, -0.1) is 0 Å². The third-order valence-electron chi connectivity index (χ3n) is 6.76. The van der Waals surface area contributed by atoms with E-state index in [0.29, 0.717) is 18.9 Å². The van der Waals surface area contributed by atoms with E-state index in [1.54, 1.807) is 6.92 Å². The smallest absolute Gasteiger partial charge is 0.311 e. The van der Waals surface area contributed by atoms with Crippen molar-refractivity contribution in [2.24, 2.45) is 5.92 Å². The number of carbonyl (C=O) groups is 2. The van der Waals surface area contributed by atoms with E-state index < -0.39 is 42.1 Å². The third kappa shape index (κ3) is 5.24. The zero-order valence-corrected chi connectivity index (χ0v) is 21.4. The molecule has 2 aliphatic rings. The first-order chi connectivity index (χ1) is 17.6. The average Bonchev–Trinajstić information content (AvgIpc) is 3.37. The van der Waals surface area contributed by atoms with E-state index in [1.165, 1.54) is 29.9 Å². The molecule has 34 heavy (non-hydrogen) atoms. The van der Waals surface area contributed by atoms with Crippen LogP contribution in [0.15, 0.2) is 36.4 Å². The topological polar surface area (TPSA) is 58.6 Å². The number of piperidine rings is 1. The molecule has 1 aliphatic heterocycles. The number of hydrogen-bond donors (Lipinski definition) is 1. The summed E-state index contributed by atoms with van der Waals surface area (Å²) in [7, 11) is 0. The molecular weight excluding hydrogens is 546 g/mol. The number of rotatable bonds is 6. The van der Waals surface area contributed by atoms with E-state index in [9.17, 15) is 9.59 Å². The van der Waals surface area contributed by atoms with Crippen LogP contribution in [-0.2, 0) is 9.53 Å². The van der Waals surface area contributed by atoms with Crippen LogP contribution in [0.1, 0.15) is 77.1 Å². The van der Waals surface area contributed by atoms with Crippen LogP contribution in [-0.4, -0.2) is 36.0 Å². The van der Waals surface area contributed by atoms with Crippen molar-refractivity contribution in [3.05, 3.63) is 62.5 Å². The number of halogens is 2. The second kappa shape index (κ2) is 11.1. The maximum Gasteiger partial charge on any atom is 0.311 e. The van der Waals surface area contributed by atoms with Crippen LogP contribution in [0, 0.1) is 22.2 Å². The molecule has 1 heterocycles. The lowest BCUT2D eigenvalue weighted by molar-refractivity contribution is -0.151. The quantitative estimate of drug-likeness (QED) is 0.324. The summed E-state index contributed by atoms with van der Waals surface area (Å²) in [5, 5.41) is 3.59. The van der Waals surface area contributed by atoms with Crippen LogP contribution in [0.5, 0.6) is 0 Å². The maximum atomic E-state index is 15.0. The largest absolute Gasteiger partial charge is 0.466 e. The SMILES string of the molecule is [2H]C([2H])([2H])c1cccc(F)c1C(=O)N1CCC[C@H](C(=O)OCC)[C@@H]1c1ccc(NC2CCCC2)c(I)c1. The zero-order valence-electron chi connectivity index (χ0n) is 22.3. The molecule has 2 aromatic carbocycles. The molecule has 1 saturated heterocycles. The van der Waals surface area contributed by atoms with Gasteiger partial charge in [0.15, 0.2) is 0 Å². The Bertz CT molecular complexity index is 1150. The van der Waals surface area contributed by atoms with E-state index in [4.69, 9.17) is 8.85 Å². The number of hydrogen-bond acceptors (Lipinski definition) is 4. The van der Waals surface area contributed by atoms with E-state index in [1.807, 2.05) is 18.2 Å². The molecule has 4 rings (SSSR count). The summed E-state index contributed by atoms with van der Waals surface area (Å²) in [6.07, 6.45) is 5.70. The zero-order chi connectivity index (χ0) is 26.7. The summed E-state index contributed by atoms with van der Waals surface area (Å²) < 4.78 is 44.9. The number of carbonyl (C=O) groups excluding carboxylic acids is 2. The first kappa shape index (κ1) is 21.1. The fraction of sp³-hybridized carbons (Fsp3) is 0.481. The van der Waals surface area contributed by atoms with Gasteiger partial charge in [0.25, 0.3) is 5.91 Å². The van der Waals surface area contributed by atoms with E-state index in [2.05, 4.69) is 27.9 Å². The summed E-state index contributed by atoms with van der Waals surface area (Å²) in [6.45, 7) is -0.462. The Balaban J connectivity index is 1.75. The highest BCUT2D eigenvalue weighted by molar-refractivity contribution is 14.1. The van der Waals surface area contributed by atoms with Crippen molar-refractivity contribution >= 4 is 40.2 Å². The Morgan fingerprint density at radius 1 is 1.21 bits per heavy atom. The standard InChI is InChI=1S/C27H32FIN2O3/c1-3-34-27(33)20-11-7-15-31(26(32)24-17(2)8-6-12-21(24)28)25(20)18-13-14-23(22(29)16-18)30-19-9-4-5-10-19/h6,8,12-14,16,19-20,25,30H,3-5,7,9-11,15H2,1-2H3/t20-,25-/m0/s1/i2D3. The van der Waals surface area contributed by atoms with Gasteiger partial charge in [-0.05, 0) is 91.4 Å². The number of nitrogens with one attached hydrogen (secondary N) is 1. The van der Waals surface area contributed by atoms with Crippen molar-refractivity contribution < 1.29 is 22.8 Å². The maximum absolute atomic E-state index is 15.0. The number of ether oxygens (including phenoxy) is 1. The van der Waals surface area contributed by atoms with Crippen LogP contribution < -0.4 is 5.32 Å². The molecule has 7 heteroatoms. The van der Waals surface area contributed by atoms with Gasteiger partial charge in [-0.3, -0.25) is 9.59 Å². The number of anilines is 1. The van der Waals surface area contributed by atoms with Gasteiger partial charge in [0, 0.05) is 26.0 Å². The second-order valence-corrected chi connectivity index (χ2v) is 10.1. The first-order valence-electron chi connectivity index (χ1n) is 13.4. The van der Waals surface area contributed by atoms with E-state index in [0.717, 1.165) is 33.7 Å². The van der Waals surface area contributed by atoms with E-state index in [-0.39, 0.29) is 18.7 Å².